The molecule has 2 N–H and O–H groups in total. The number of benzene rings is 1. The Morgan fingerprint density at radius 2 is 2.00 bits per heavy atom. The molecule has 0 aromatic heterocycles. The maximum absolute atomic E-state index is 13.0. The Bertz CT molecular complexity index is 302. The molecule has 0 aliphatic heterocycles. The van der Waals surface area contributed by atoms with Crippen molar-refractivity contribution in [1.29, 1.82) is 0 Å². The monoisotopic (exact) mass is 267 g/mol. The van der Waals surface area contributed by atoms with E-state index in [9.17, 15) is 4.39 Å². The minimum atomic E-state index is -0.257. The van der Waals surface area contributed by atoms with E-state index in [1.165, 1.54) is 6.07 Å². The van der Waals surface area contributed by atoms with Crippen LogP contribution in [0.1, 0.15) is 24.1 Å². The van der Waals surface area contributed by atoms with E-state index in [1.807, 2.05) is 13.8 Å². The number of nitrogens with two attached hydrogens (primary N) is 1. The van der Waals surface area contributed by atoms with Crippen LogP contribution < -0.4 is 5.73 Å². The molecule has 74 valence electrons. The highest BCUT2D eigenvalue weighted by molar-refractivity contribution is 9.10. The molecule has 0 aliphatic carbocycles. The van der Waals surface area contributed by atoms with Crippen molar-refractivity contribution in [2.75, 3.05) is 0 Å². The van der Waals surface area contributed by atoms with Gasteiger partial charge in [-0.15, -0.1) is 12.4 Å². The normalized spacial score (nSPS) is 12.1. The van der Waals surface area contributed by atoms with E-state index < -0.39 is 0 Å². The van der Waals surface area contributed by atoms with Gasteiger partial charge in [0.1, 0.15) is 5.82 Å². The topological polar surface area (TPSA) is 26.0 Å². The van der Waals surface area contributed by atoms with Crippen LogP contribution in [0.4, 0.5) is 4.39 Å². The van der Waals surface area contributed by atoms with Crippen LogP contribution in [-0.2, 0) is 0 Å². The predicted molar refractivity (Wildman–Crippen MR) is 58.7 cm³/mol. The zero-order chi connectivity index (χ0) is 9.30. The highest BCUT2D eigenvalue weighted by atomic mass is 79.9. The fourth-order valence-electron chi connectivity index (χ4n) is 1.15. The third-order valence-corrected chi connectivity index (χ3v) is 2.41. The van der Waals surface area contributed by atoms with Gasteiger partial charge in [0.2, 0.25) is 0 Å². The summed E-state index contributed by atoms with van der Waals surface area (Å²) in [7, 11) is 0. The molecule has 13 heavy (non-hydrogen) atoms. The van der Waals surface area contributed by atoms with Crippen LogP contribution in [-0.4, -0.2) is 0 Å². The fraction of sp³-hybridized carbons (Fsp3) is 0.333. The second-order valence-electron chi connectivity index (χ2n) is 2.91. The van der Waals surface area contributed by atoms with E-state index in [0.717, 1.165) is 11.1 Å². The van der Waals surface area contributed by atoms with Crippen molar-refractivity contribution in [1.82, 2.24) is 0 Å². The van der Waals surface area contributed by atoms with Crippen LogP contribution in [0, 0.1) is 12.7 Å². The first kappa shape index (κ1) is 12.9. The van der Waals surface area contributed by atoms with Gasteiger partial charge in [-0.05, 0) is 53.0 Å². The summed E-state index contributed by atoms with van der Waals surface area (Å²) in [6.45, 7) is 3.76. The van der Waals surface area contributed by atoms with Crippen LogP contribution in [0.3, 0.4) is 0 Å². The van der Waals surface area contributed by atoms with Gasteiger partial charge in [0, 0.05) is 6.04 Å². The van der Waals surface area contributed by atoms with Crippen molar-refractivity contribution in [2.24, 2.45) is 5.73 Å². The van der Waals surface area contributed by atoms with E-state index in [-0.39, 0.29) is 24.3 Å². The minimum absolute atomic E-state index is 0. The third-order valence-electron chi connectivity index (χ3n) is 1.80. The Balaban J connectivity index is 0.00000144. The summed E-state index contributed by atoms with van der Waals surface area (Å²) in [5.74, 6) is -0.257. The van der Waals surface area contributed by atoms with E-state index in [2.05, 4.69) is 15.9 Å². The smallest absolute Gasteiger partial charge is 0.137 e. The van der Waals surface area contributed by atoms with Crippen LogP contribution in [0.25, 0.3) is 0 Å². The number of hydrogen-bond acceptors (Lipinski definition) is 1. The second kappa shape index (κ2) is 4.94. The number of halogens is 3. The van der Waals surface area contributed by atoms with Crippen molar-refractivity contribution in [2.45, 2.75) is 19.9 Å². The molecule has 1 atom stereocenters. The standard InChI is InChI=1S/C9H11BrFN.ClH/c1-5-3-8(10)9(11)4-7(5)6(2)12;/h3-4,6H,12H2,1-2H3;1H. The molecule has 0 saturated heterocycles. The molecule has 1 unspecified atom stereocenters. The molecule has 0 fully saturated rings. The Labute approximate surface area is 92.1 Å². The van der Waals surface area contributed by atoms with Gasteiger partial charge >= 0.3 is 0 Å². The molecule has 0 bridgehead atoms. The van der Waals surface area contributed by atoms with Crippen LogP contribution >= 0.6 is 28.3 Å². The van der Waals surface area contributed by atoms with Gasteiger partial charge in [-0.3, -0.25) is 0 Å². The summed E-state index contributed by atoms with van der Waals surface area (Å²) in [5.41, 5.74) is 7.52. The van der Waals surface area contributed by atoms with Crippen molar-refractivity contribution >= 4 is 28.3 Å². The first-order valence-corrected chi connectivity index (χ1v) is 4.53. The summed E-state index contributed by atoms with van der Waals surface area (Å²) in [6.07, 6.45) is 0. The molecule has 1 aromatic carbocycles. The molecule has 0 heterocycles. The zero-order valence-electron chi connectivity index (χ0n) is 7.47. The van der Waals surface area contributed by atoms with Gasteiger partial charge in [-0.25, -0.2) is 4.39 Å². The average molecular weight is 269 g/mol. The molecule has 1 aromatic rings. The van der Waals surface area contributed by atoms with E-state index >= 15 is 0 Å². The first-order chi connectivity index (χ1) is 5.52. The third kappa shape index (κ3) is 2.93. The average Bonchev–Trinajstić information content (AvgIpc) is 1.96. The maximum Gasteiger partial charge on any atom is 0.137 e. The highest BCUT2D eigenvalue weighted by Crippen LogP contribution is 2.23. The Hall–Kier alpha value is -0.120. The summed E-state index contributed by atoms with van der Waals surface area (Å²) in [6, 6.07) is 3.10. The molecule has 4 heteroatoms. The van der Waals surface area contributed by atoms with Gasteiger partial charge in [-0.2, -0.15) is 0 Å². The molecule has 0 spiro atoms. The molecule has 0 radical (unpaired) electrons. The maximum atomic E-state index is 13.0. The predicted octanol–water partition coefficient (Wildman–Crippen LogP) is 3.34. The van der Waals surface area contributed by atoms with Gasteiger partial charge in [0.15, 0.2) is 0 Å². The summed E-state index contributed by atoms with van der Waals surface area (Å²) < 4.78 is 13.5. The minimum Gasteiger partial charge on any atom is -0.324 e. The highest BCUT2D eigenvalue weighted by Gasteiger charge is 2.07. The van der Waals surface area contributed by atoms with E-state index in [1.54, 1.807) is 6.07 Å². The van der Waals surface area contributed by atoms with Crippen molar-refractivity contribution in [3.63, 3.8) is 0 Å². The van der Waals surface area contributed by atoms with Gasteiger partial charge in [-0.1, -0.05) is 0 Å². The SMILES string of the molecule is Cc1cc(Br)c(F)cc1C(C)N.Cl. The first-order valence-electron chi connectivity index (χ1n) is 3.73. The Morgan fingerprint density at radius 1 is 1.46 bits per heavy atom. The Morgan fingerprint density at radius 3 is 2.46 bits per heavy atom. The van der Waals surface area contributed by atoms with Crippen LogP contribution in [0.2, 0.25) is 0 Å². The summed E-state index contributed by atoms with van der Waals surface area (Å²) in [5, 5.41) is 0. The molecular weight excluding hydrogens is 256 g/mol. The quantitative estimate of drug-likeness (QED) is 0.830. The lowest BCUT2D eigenvalue weighted by molar-refractivity contribution is 0.614. The lowest BCUT2D eigenvalue weighted by atomic mass is 10.0. The van der Waals surface area contributed by atoms with E-state index in [4.69, 9.17) is 5.73 Å². The van der Waals surface area contributed by atoms with Gasteiger partial charge < -0.3 is 5.73 Å². The summed E-state index contributed by atoms with van der Waals surface area (Å²) in [4.78, 5) is 0. The summed E-state index contributed by atoms with van der Waals surface area (Å²) >= 11 is 3.11. The molecule has 0 aliphatic rings. The van der Waals surface area contributed by atoms with E-state index in [0.29, 0.717) is 4.47 Å². The van der Waals surface area contributed by atoms with Crippen molar-refractivity contribution in [3.8, 4) is 0 Å². The second-order valence-corrected chi connectivity index (χ2v) is 3.77. The number of rotatable bonds is 1. The molecule has 0 amide bonds. The largest absolute Gasteiger partial charge is 0.324 e. The van der Waals surface area contributed by atoms with Crippen molar-refractivity contribution < 1.29 is 4.39 Å². The van der Waals surface area contributed by atoms with Gasteiger partial charge in [0.05, 0.1) is 4.47 Å². The fourth-order valence-corrected chi connectivity index (χ4v) is 1.61. The molecule has 1 nitrogen and oxygen atoms in total. The lowest BCUT2D eigenvalue weighted by Gasteiger charge is -2.10. The van der Waals surface area contributed by atoms with Crippen LogP contribution in [0.5, 0.6) is 0 Å². The molecule has 0 saturated carbocycles. The number of aryl methyl sites for hydroxylation is 1. The van der Waals surface area contributed by atoms with Gasteiger partial charge in [0.25, 0.3) is 0 Å². The zero-order valence-corrected chi connectivity index (χ0v) is 9.88. The van der Waals surface area contributed by atoms with Crippen LogP contribution in [0.15, 0.2) is 16.6 Å². The lowest BCUT2D eigenvalue weighted by Crippen LogP contribution is -2.07. The van der Waals surface area contributed by atoms with Crippen molar-refractivity contribution in [3.05, 3.63) is 33.5 Å². The molecule has 1 rings (SSSR count). The molecular formula is C9H12BrClFN. The Kier molecular flexibility index (Phi) is 4.89. The number of hydrogen-bond donors (Lipinski definition) is 1.